The van der Waals surface area contributed by atoms with Crippen molar-refractivity contribution >= 4 is 29.2 Å². The average Bonchev–Trinajstić information content (AvgIpc) is 2.96. The van der Waals surface area contributed by atoms with Crippen molar-refractivity contribution in [2.75, 3.05) is 12.3 Å². The molecule has 0 bridgehead atoms. The molecule has 3 N–H and O–H groups in total. The second-order valence-electron chi connectivity index (χ2n) is 4.34. The third-order valence-electron chi connectivity index (χ3n) is 2.96. The maximum atomic E-state index is 9.50. The van der Waals surface area contributed by atoms with Crippen LogP contribution in [0.25, 0.3) is 16.8 Å². The summed E-state index contributed by atoms with van der Waals surface area (Å²) in [4.78, 5) is 12.8. The smallest absolute Gasteiger partial charge is 0.142 e. The first kappa shape index (κ1) is 12.6. The molecule has 0 atom stereocenters. The summed E-state index contributed by atoms with van der Waals surface area (Å²) in [6.45, 7) is 0.553. The summed E-state index contributed by atoms with van der Waals surface area (Å²) in [7, 11) is 0. The van der Waals surface area contributed by atoms with E-state index in [1.165, 1.54) is 12.3 Å². The van der Waals surface area contributed by atoms with E-state index in [0.717, 1.165) is 11.1 Å². The second kappa shape index (κ2) is 4.94. The minimum absolute atomic E-state index is 0.0313. The van der Waals surface area contributed by atoms with E-state index >= 15 is 0 Å². The largest absolute Gasteiger partial charge is 0.506 e. The lowest BCUT2D eigenvalue weighted by atomic mass is 10.0. The van der Waals surface area contributed by atoms with E-state index in [1.54, 1.807) is 18.3 Å². The molecule has 0 unspecified atom stereocenters. The highest BCUT2D eigenvalue weighted by molar-refractivity contribution is 6.32. The van der Waals surface area contributed by atoms with E-state index < -0.39 is 0 Å². The Balaban J connectivity index is 2.15. The van der Waals surface area contributed by atoms with E-state index in [2.05, 4.69) is 15.0 Å². The SMILES string of the molecule is Nc1cnc(-c2ccc(O)c(Cl)c2)c(C2=CC=NC2)n1. The first-order chi connectivity index (χ1) is 9.65. The van der Waals surface area contributed by atoms with Crippen LogP contribution in [0.5, 0.6) is 5.75 Å². The molecule has 1 aliphatic rings. The lowest BCUT2D eigenvalue weighted by Crippen LogP contribution is -2.02. The van der Waals surface area contributed by atoms with Gasteiger partial charge in [0.1, 0.15) is 11.6 Å². The number of aliphatic imine (C=N–C) groups is 1. The third-order valence-corrected chi connectivity index (χ3v) is 3.26. The van der Waals surface area contributed by atoms with Crippen LogP contribution in [0, 0.1) is 0 Å². The number of hydrogen-bond donors (Lipinski definition) is 2. The molecule has 1 aromatic heterocycles. The Hall–Kier alpha value is -2.40. The molecule has 3 rings (SSSR count). The van der Waals surface area contributed by atoms with Gasteiger partial charge in [-0.25, -0.2) is 4.98 Å². The summed E-state index contributed by atoms with van der Waals surface area (Å²) in [5.41, 5.74) is 8.78. The van der Waals surface area contributed by atoms with Crippen LogP contribution in [0.2, 0.25) is 5.02 Å². The molecule has 0 spiro atoms. The number of benzene rings is 1. The lowest BCUT2D eigenvalue weighted by molar-refractivity contribution is 0.475. The van der Waals surface area contributed by atoms with Gasteiger partial charge in [0, 0.05) is 17.4 Å². The average molecular weight is 287 g/mol. The van der Waals surface area contributed by atoms with Gasteiger partial charge < -0.3 is 10.8 Å². The highest BCUT2D eigenvalue weighted by atomic mass is 35.5. The van der Waals surface area contributed by atoms with Crippen molar-refractivity contribution in [1.82, 2.24) is 9.97 Å². The predicted molar refractivity (Wildman–Crippen MR) is 79.9 cm³/mol. The van der Waals surface area contributed by atoms with Crippen LogP contribution < -0.4 is 5.73 Å². The highest BCUT2D eigenvalue weighted by Gasteiger charge is 2.15. The Morgan fingerprint density at radius 1 is 1.25 bits per heavy atom. The van der Waals surface area contributed by atoms with E-state index in [9.17, 15) is 5.11 Å². The Bertz CT molecular complexity index is 740. The fourth-order valence-corrected chi connectivity index (χ4v) is 2.17. The van der Waals surface area contributed by atoms with Gasteiger partial charge in [-0.2, -0.15) is 0 Å². The molecule has 1 aromatic carbocycles. The van der Waals surface area contributed by atoms with Crippen molar-refractivity contribution < 1.29 is 5.11 Å². The number of aromatic nitrogens is 2. The number of rotatable bonds is 2. The predicted octanol–water partition coefficient (Wildman–Crippen LogP) is 2.55. The molecule has 5 nitrogen and oxygen atoms in total. The summed E-state index contributed by atoms with van der Waals surface area (Å²) >= 11 is 5.94. The summed E-state index contributed by atoms with van der Waals surface area (Å²) < 4.78 is 0. The van der Waals surface area contributed by atoms with Crippen LogP contribution in [-0.2, 0) is 0 Å². The molecular weight excluding hydrogens is 276 g/mol. The minimum atomic E-state index is 0.0313. The molecule has 20 heavy (non-hydrogen) atoms. The highest BCUT2D eigenvalue weighted by Crippen LogP contribution is 2.32. The van der Waals surface area contributed by atoms with E-state index in [1.807, 2.05) is 6.08 Å². The zero-order valence-corrected chi connectivity index (χ0v) is 11.2. The van der Waals surface area contributed by atoms with Crippen molar-refractivity contribution in [3.05, 3.63) is 41.2 Å². The van der Waals surface area contributed by atoms with Gasteiger partial charge in [-0.05, 0) is 24.3 Å². The Morgan fingerprint density at radius 2 is 2.10 bits per heavy atom. The van der Waals surface area contributed by atoms with Gasteiger partial charge in [-0.3, -0.25) is 9.98 Å². The monoisotopic (exact) mass is 286 g/mol. The van der Waals surface area contributed by atoms with Crippen molar-refractivity contribution in [2.24, 2.45) is 4.99 Å². The van der Waals surface area contributed by atoms with Gasteiger partial charge >= 0.3 is 0 Å². The van der Waals surface area contributed by atoms with Gasteiger partial charge in [0.05, 0.1) is 29.2 Å². The van der Waals surface area contributed by atoms with Crippen LogP contribution in [0.4, 0.5) is 5.82 Å². The minimum Gasteiger partial charge on any atom is -0.506 e. The summed E-state index contributed by atoms with van der Waals surface area (Å²) in [5.74, 6) is 0.380. The molecule has 0 amide bonds. The van der Waals surface area contributed by atoms with Crippen molar-refractivity contribution in [2.45, 2.75) is 0 Å². The topological polar surface area (TPSA) is 84.4 Å². The van der Waals surface area contributed by atoms with Gasteiger partial charge in [0.2, 0.25) is 0 Å². The molecule has 2 heterocycles. The quantitative estimate of drug-likeness (QED) is 0.888. The van der Waals surface area contributed by atoms with Crippen LogP contribution in [0.1, 0.15) is 5.69 Å². The molecule has 2 aromatic rings. The number of phenols is 1. The zero-order valence-electron chi connectivity index (χ0n) is 10.4. The maximum Gasteiger partial charge on any atom is 0.142 e. The number of phenolic OH excluding ortho intramolecular Hbond substituents is 1. The van der Waals surface area contributed by atoms with E-state index in [-0.39, 0.29) is 10.8 Å². The van der Waals surface area contributed by atoms with E-state index in [0.29, 0.717) is 23.8 Å². The van der Waals surface area contributed by atoms with E-state index in [4.69, 9.17) is 17.3 Å². The van der Waals surface area contributed by atoms with Crippen LogP contribution >= 0.6 is 11.6 Å². The molecule has 100 valence electrons. The van der Waals surface area contributed by atoms with Crippen LogP contribution in [-0.4, -0.2) is 27.8 Å². The third kappa shape index (κ3) is 2.23. The fraction of sp³-hybridized carbons (Fsp3) is 0.0714. The number of allylic oxidation sites excluding steroid dienone is 1. The second-order valence-corrected chi connectivity index (χ2v) is 4.75. The van der Waals surface area contributed by atoms with Gasteiger partial charge in [0.25, 0.3) is 0 Å². The fourth-order valence-electron chi connectivity index (χ4n) is 1.99. The molecule has 0 aliphatic carbocycles. The molecule has 6 heteroatoms. The Kier molecular flexibility index (Phi) is 3.12. The van der Waals surface area contributed by atoms with Crippen molar-refractivity contribution in [1.29, 1.82) is 0 Å². The number of nitrogen functional groups attached to an aromatic ring is 1. The summed E-state index contributed by atoms with van der Waals surface area (Å²) in [6, 6.07) is 4.91. The van der Waals surface area contributed by atoms with Crippen molar-refractivity contribution in [3.63, 3.8) is 0 Å². The number of nitrogens with zero attached hydrogens (tertiary/aromatic N) is 3. The maximum absolute atomic E-state index is 9.50. The molecule has 0 fully saturated rings. The molecule has 0 saturated heterocycles. The number of anilines is 1. The number of nitrogens with two attached hydrogens (primary N) is 1. The Labute approximate surface area is 120 Å². The van der Waals surface area contributed by atoms with Crippen LogP contribution in [0.3, 0.4) is 0 Å². The van der Waals surface area contributed by atoms with Gasteiger partial charge in [-0.1, -0.05) is 11.6 Å². The number of hydrogen-bond acceptors (Lipinski definition) is 5. The molecular formula is C14H11ClN4O. The normalized spacial score (nSPS) is 13.6. The number of halogens is 1. The van der Waals surface area contributed by atoms with Crippen molar-refractivity contribution in [3.8, 4) is 17.0 Å². The first-order valence-electron chi connectivity index (χ1n) is 5.96. The molecule has 0 saturated carbocycles. The van der Waals surface area contributed by atoms with Gasteiger partial charge in [-0.15, -0.1) is 0 Å². The lowest BCUT2D eigenvalue weighted by Gasteiger charge is -2.10. The Morgan fingerprint density at radius 3 is 2.80 bits per heavy atom. The zero-order chi connectivity index (χ0) is 14.1. The molecule has 1 aliphatic heterocycles. The summed E-state index contributed by atoms with van der Waals surface area (Å²) in [6.07, 6.45) is 5.11. The standard InChI is InChI=1S/C14H11ClN4O/c15-10-5-8(1-2-11(10)20)13-14(9-3-4-17-6-9)19-12(16)7-18-13/h1-5,7,20H,6H2,(H2,16,19). The molecule has 0 radical (unpaired) electrons. The summed E-state index contributed by atoms with van der Waals surface area (Å²) in [5, 5.41) is 9.76. The van der Waals surface area contributed by atoms with Crippen LogP contribution in [0.15, 0.2) is 35.5 Å². The first-order valence-corrected chi connectivity index (χ1v) is 6.33. The van der Waals surface area contributed by atoms with Gasteiger partial charge in [0.15, 0.2) is 0 Å². The number of aromatic hydroxyl groups is 1.